The van der Waals surface area contributed by atoms with E-state index < -0.39 is 18.8 Å². The normalized spacial score (nSPS) is 16.4. The number of hydrogen-bond acceptors (Lipinski definition) is 5. The Kier molecular flexibility index (Phi) is 6.12. The van der Waals surface area contributed by atoms with Crippen LogP contribution in [0.15, 0.2) is 55.4 Å². The van der Waals surface area contributed by atoms with Crippen molar-refractivity contribution in [1.82, 2.24) is 34.8 Å². The first-order valence-electron chi connectivity index (χ1n) is 11.2. The van der Waals surface area contributed by atoms with E-state index in [2.05, 4.69) is 31.9 Å². The number of piperidine rings is 1. The van der Waals surface area contributed by atoms with Crippen molar-refractivity contribution in [3.05, 3.63) is 55.4 Å². The molecule has 5 heterocycles. The Hall–Kier alpha value is -3.93. The van der Waals surface area contributed by atoms with E-state index in [1.807, 2.05) is 33.6 Å². The van der Waals surface area contributed by atoms with Crippen LogP contribution in [0.2, 0.25) is 0 Å². The Labute approximate surface area is 198 Å². The zero-order valence-electron chi connectivity index (χ0n) is 18.6. The van der Waals surface area contributed by atoms with E-state index in [1.165, 1.54) is 6.20 Å². The van der Waals surface area contributed by atoms with E-state index in [-0.39, 0.29) is 5.69 Å². The third kappa shape index (κ3) is 5.27. The van der Waals surface area contributed by atoms with E-state index in [1.54, 1.807) is 23.8 Å². The number of aromatic nitrogens is 5. The quantitative estimate of drug-likeness (QED) is 0.399. The van der Waals surface area contributed by atoms with Gasteiger partial charge in [0.15, 0.2) is 0 Å². The summed E-state index contributed by atoms with van der Waals surface area (Å²) >= 11 is 0. The number of carbonyl (C=O) groups is 1. The molecule has 3 N–H and O–H groups in total. The van der Waals surface area contributed by atoms with Gasteiger partial charge in [-0.15, -0.1) is 0 Å². The fraction of sp³-hybridized carbons (Fsp3) is 0.304. The van der Waals surface area contributed by atoms with Gasteiger partial charge in [-0.2, -0.15) is 18.3 Å². The number of imidazole rings is 1. The number of carbonyl (C=O) groups excluding carboxylic acids is 1. The lowest BCUT2D eigenvalue weighted by Crippen LogP contribution is -2.36. The van der Waals surface area contributed by atoms with Crippen molar-refractivity contribution in [1.29, 1.82) is 0 Å². The van der Waals surface area contributed by atoms with E-state index in [4.69, 9.17) is 0 Å². The van der Waals surface area contributed by atoms with Crippen molar-refractivity contribution in [2.45, 2.75) is 25.1 Å². The van der Waals surface area contributed by atoms with Crippen LogP contribution in [0.4, 0.5) is 23.7 Å². The number of anilines is 1. The molecule has 2 amide bonds. The van der Waals surface area contributed by atoms with Crippen molar-refractivity contribution in [3.8, 4) is 22.4 Å². The highest BCUT2D eigenvalue weighted by atomic mass is 19.4. The molecule has 12 heteroatoms. The predicted octanol–water partition coefficient (Wildman–Crippen LogP) is 3.87. The fourth-order valence-electron chi connectivity index (χ4n) is 4.12. The number of alkyl halides is 3. The summed E-state index contributed by atoms with van der Waals surface area (Å²) in [6.07, 6.45) is 8.18. The van der Waals surface area contributed by atoms with Gasteiger partial charge in [-0.05, 0) is 43.1 Å². The van der Waals surface area contributed by atoms with Crippen LogP contribution in [0.3, 0.4) is 0 Å². The van der Waals surface area contributed by atoms with Crippen LogP contribution in [0, 0.1) is 0 Å². The van der Waals surface area contributed by atoms with E-state index in [9.17, 15) is 18.0 Å². The third-order valence-corrected chi connectivity index (χ3v) is 5.83. The molecule has 35 heavy (non-hydrogen) atoms. The monoisotopic (exact) mass is 484 g/mol. The Morgan fingerprint density at radius 3 is 2.83 bits per heavy atom. The molecule has 0 radical (unpaired) electrons. The molecule has 1 aliphatic heterocycles. The molecule has 1 unspecified atom stereocenters. The second kappa shape index (κ2) is 9.37. The van der Waals surface area contributed by atoms with Crippen LogP contribution in [-0.4, -0.2) is 56.0 Å². The zero-order valence-corrected chi connectivity index (χ0v) is 18.6. The van der Waals surface area contributed by atoms with E-state index in [0.717, 1.165) is 42.8 Å². The highest BCUT2D eigenvalue weighted by Crippen LogP contribution is 2.27. The summed E-state index contributed by atoms with van der Waals surface area (Å²) in [5.41, 5.74) is 4.34. The molecule has 1 atom stereocenters. The second-order valence-electron chi connectivity index (χ2n) is 8.38. The maximum atomic E-state index is 12.3. The number of halogens is 3. The van der Waals surface area contributed by atoms with Crippen LogP contribution < -0.4 is 16.0 Å². The Bertz CT molecular complexity index is 1340. The molecule has 9 nitrogen and oxygen atoms in total. The molecule has 1 aliphatic rings. The molecule has 182 valence electrons. The highest BCUT2D eigenvalue weighted by Gasteiger charge is 2.27. The largest absolute Gasteiger partial charge is 0.405 e. The zero-order chi connectivity index (χ0) is 24.4. The topological polar surface area (TPSA) is 101 Å². The van der Waals surface area contributed by atoms with Crippen molar-refractivity contribution >= 4 is 17.4 Å². The summed E-state index contributed by atoms with van der Waals surface area (Å²) in [5.74, 6) is 0. The Morgan fingerprint density at radius 1 is 1.14 bits per heavy atom. The minimum Gasteiger partial charge on any atom is -0.329 e. The van der Waals surface area contributed by atoms with E-state index >= 15 is 0 Å². The Balaban J connectivity index is 1.34. The standard InChI is InChI=1S/C23H23F3N8O/c24-23(25,26)14-30-22(35)32-18-6-16(8-28-10-18)20-12-29-21-7-15(3-5-33(20)21)17-9-31-34(13-17)19-2-1-4-27-11-19/h3,5-10,12-13,19,27H,1-2,4,11,14H2,(H2,30,32,35). The van der Waals surface area contributed by atoms with Crippen molar-refractivity contribution < 1.29 is 18.0 Å². The average Bonchev–Trinajstić information content (AvgIpc) is 3.50. The number of urea groups is 1. The van der Waals surface area contributed by atoms with Gasteiger partial charge in [0.25, 0.3) is 0 Å². The maximum Gasteiger partial charge on any atom is 0.405 e. The molecule has 5 rings (SSSR count). The first kappa shape index (κ1) is 22.8. The van der Waals surface area contributed by atoms with Crippen LogP contribution in [0.5, 0.6) is 0 Å². The lowest BCUT2D eigenvalue weighted by molar-refractivity contribution is -0.122. The van der Waals surface area contributed by atoms with Crippen molar-refractivity contribution in [2.24, 2.45) is 0 Å². The number of nitrogens with one attached hydrogen (secondary N) is 3. The number of pyridine rings is 2. The lowest BCUT2D eigenvalue weighted by Gasteiger charge is -2.22. The van der Waals surface area contributed by atoms with Crippen LogP contribution in [0.25, 0.3) is 28.0 Å². The summed E-state index contributed by atoms with van der Waals surface area (Å²) in [6.45, 7) is 0.539. The molecule has 1 saturated heterocycles. The van der Waals surface area contributed by atoms with Gasteiger partial charge >= 0.3 is 12.2 Å². The maximum absolute atomic E-state index is 12.3. The van der Waals surface area contributed by atoms with Gasteiger partial charge in [0.05, 0.1) is 36.0 Å². The highest BCUT2D eigenvalue weighted by molar-refractivity contribution is 5.89. The van der Waals surface area contributed by atoms with Gasteiger partial charge in [0.1, 0.15) is 12.2 Å². The molecule has 0 aliphatic carbocycles. The van der Waals surface area contributed by atoms with Crippen molar-refractivity contribution in [2.75, 3.05) is 25.0 Å². The minimum atomic E-state index is -4.49. The van der Waals surface area contributed by atoms with Gasteiger partial charge < -0.3 is 16.0 Å². The molecular weight excluding hydrogens is 461 g/mol. The summed E-state index contributed by atoms with van der Waals surface area (Å²) in [5, 5.41) is 12.1. The molecule has 0 aromatic carbocycles. The number of fused-ring (bicyclic) bond motifs is 1. The Morgan fingerprint density at radius 2 is 2.03 bits per heavy atom. The van der Waals surface area contributed by atoms with Gasteiger partial charge in [-0.3, -0.25) is 14.1 Å². The predicted molar refractivity (Wildman–Crippen MR) is 124 cm³/mol. The van der Waals surface area contributed by atoms with Crippen LogP contribution in [0.1, 0.15) is 18.9 Å². The molecule has 0 saturated carbocycles. The summed E-state index contributed by atoms with van der Waals surface area (Å²) < 4.78 is 40.8. The van der Waals surface area contributed by atoms with Gasteiger partial charge in [0, 0.05) is 36.3 Å². The smallest absolute Gasteiger partial charge is 0.329 e. The SMILES string of the molecule is O=C(NCC(F)(F)F)Nc1cncc(-c2cnc3cc(-c4cnn(C5CCCNC5)c4)ccn23)c1. The van der Waals surface area contributed by atoms with Gasteiger partial charge in [-0.1, -0.05) is 0 Å². The van der Waals surface area contributed by atoms with Gasteiger partial charge in [-0.25, -0.2) is 9.78 Å². The minimum absolute atomic E-state index is 0.262. The van der Waals surface area contributed by atoms with Gasteiger partial charge in [0.2, 0.25) is 0 Å². The number of rotatable bonds is 5. The number of nitrogens with zero attached hydrogens (tertiary/aromatic N) is 5. The first-order valence-corrected chi connectivity index (χ1v) is 11.2. The molecule has 4 aromatic heterocycles. The third-order valence-electron chi connectivity index (χ3n) is 5.83. The number of amides is 2. The first-order chi connectivity index (χ1) is 16.9. The van der Waals surface area contributed by atoms with Crippen molar-refractivity contribution in [3.63, 3.8) is 0 Å². The van der Waals surface area contributed by atoms with E-state index in [0.29, 0.717) is 17.3 Å². The number of hydrogen-bond donors (Lipinski definition) is 3. The molecule has 0 bridgehead atoms. The molecule has 4 aromatic rings. The van der Waals surface area contributed by atoms with Crippen LogP contribution >= 0.6 is 0 Å². The fourth-order valence-corrected chi connectivity index (χ4v) is 4.12. The van der Waals surface area contributed by atoms with Crippen LogP contribution in [-0.2, 0) is 0 Å². The second-order valence-corrected chi connectivity index (χ2v) is 8.38. The average molecular weight is 484 g/mol. The summed E-state index contributed by atoms with van der Waals surface area (Å²) in [7, 11) is 0. The molecular formula is C23H23F3N8O. The lowest BCUT2D eigenvalue weighted by atomic mass is 10.1. The molecule has 1 fully saturated rings. The molecule has 0 spiro atoms. The summed E-state index contributed by atoms with van der Waals surface area (Å²) in [4.78, 5) is 20.4. The summed E-state index contributed by atoms with van der Waals surface area (Å²) in [6, 6.07) is 4.94.